The molecule has 0 saturated heterocycles. The number of halogens is 1. The third-order valence-electron chi connectivity index (χ3n) is 2.28. The van der Waals surface area contributed by atoms with Gasteiger partial charge in [-0.25, -0.2) is 4.98 Å². The van der Waals surface area contributed by atoms with Crippen molar-refractivity contribution in [3.8, 4) is 11.6 Å². The molecule has 4 heteroatoms. The molecule has 0 aliphatic carbocycles. The molecule has 0 amide bonds. The smallest absolute Gasteiger partial charge is 0.219 e. The summed E-state index contributed by atoms with van der Waals surface area (Å²) in [6.07, 6.45) is 1.07. The molecule has 17 heavy (non-hydrogen) atoms. The molecule has 1 aromatic heterocycles. The minimum atomic E-state index is -0.521. The average molecular weight is 250 g/mol. The van der Waals surface area contributed by atoms with Crippen molar-refractivity contribution in [2.45, 2.75) is 13.0 Å². The number of aromatic nitrogens is 1. The van der Waals surface area contributed by atoms with Gasteiger partial charge in [0.2, 0.25) is 5.88 Å². The summed E-state index contributed by atoms with van der Waals surface area (Å²) in [5.41, 5.74) is 0.758. The fraction of sp³-hybridized carbons (Fsp3) is 0.154. The third kappa shape index (κ3) is 3.19. The van der Waals surface area contributed by atoms with Crippen LogP contribution in [0.3, 0.4) is 0 Å². The number of pyridine rings is 1. The van der Waals surface area contributed by atoms with Crippen LogP contribution in [0.5, 0.6) is 11.6 Å². The molecule has 0 bridgehead atoms. The van der Waals surface area contributed by atoms with Crippen LogP contribution >= 0.6 is 11.6 Å². The van der Waals surface area contributed by atoms with Gasteiger partial charge < -0.3 is 9.84 Å². The van der Waals surface area contributed by atoms with Crippen LogP contribution in [0.15, 0.2) is 42.6 Å². The maximum atomic E-state index is 9.34. The SMILES string of the molecule is CC(O)c1ccc(Oc2ccc(Cl)cc2)nc1. The van der Waals surface area contributed by atoms with Crippen LogP contribution in [-0.4, -0.2) is 10.1 Å². The van der Waals surface area contributed by atoms with Crippen molar-refractivity contribution in [1.29, 1.82) is 0 Å². The predicted octanol–water partition coefficient (Wildman–Crippen LogP) is 3.58. The minimum absolute atomic E-state index is 0.483. The summed E-state index contributed by atoms with van der Waals surface area (Å²) in [4.78, 5) is 4.10. The Bertz CT molecular complexity index is 480. The quantitative estimate of drug-likeness (QED) is 0.904. The van der Waals surface area contributed by atoms with Gasteiger partial charge in [0.1, 0.15) is 5.75 Å². The lowest BCUT2D eigenvalue weighted by atomic mass is 10.2. The van der Waals surface area contributed by atoms with Gasteiger partial charge >= 0.3 is 0 Å². The summed E-state index contributed by atoms with van der Waals surface area (Å²) >= 11 is 5.77. The van der Waals surface area contributed by atoms with Crippen LogP contribution < -0.4 is 4.74 Å². The Morgan fingerprint density at radius 3 is 2.41 bits per heavy atom. The van der Waals surface area contributed by atoms with E-state index in [4.69, 9.17) is 16.3 Å². The molecule has 0 fully saturated rings. The number of rotatable bonds is 3. The van der Waals surface area contributed by atoms with E-state index in [1.165, 1.54) is 0 Å². The number of aliphatic hydroxyl groups is 1. The van der Waals surface area contributed by atoms with Gasteiger partial charge in [0.25, 0.3) is 0 Å². The van der Waals surface area contributed by atoms with Gasteiger partial charge in [0, 0.05) is 17.3 Å². The molecule has 0 radical (unpaired) electrons. The highest BCUT2D eigenvalue weighted by atomic mass is 35.5. The first kappa shape index (κ1) is 11.9. The second kappa shape index (κ2) is 5.17. The average Bonchev–Trinajstić information content (AvgIpc) is 2.33. The first-order chi connectivity index (χ1) is 8.15. The lowest BCUT2D eigenvalue weighted by molar-refractivity contribution is 0.198. The van der Waals surface area contributed by atoms with Crippen molar-refractivity contribution >= 4 is 11.6 Å². The van der Waals surface area contributed by atoms with Crippen LogP contribution in [0, 0.1) is 0 Å². The Hall–Kier alpha value is -1.58. The van der Waals surface area contributed by atoms with E-state index in [1.807, 2.05) is 0 Å². The molecule has 1 unspecified atom stereocenters. The van der Waals surface area contributed by atoms with Crippen molar-refractivity contribution in [3.63, 3.8) is 0 Å². The number of benzene rings is 1. The second-order valence-corrected chi connectivity index (χ2v) is 4.10. The first-order valence-electron chi connectivity index (χ1n) is 5.22. The molecule has 2 rings (SSSR count). The lowest BCUT2D eigenvalue weighted by Gasteiger charge is -2.07. The maximum Gasteiger partial charge on any atom is 0.219 e. The molecule has 0 saturated carbocycles. The Balaban J connectivity index is 2.11. The number of hydrogen-bond donors (Lipinski definition) is 1. The Morgan fingerprint density at radius 1 is 1.18 bits per heavy atom. The topological polar surface area (TPSA) is 42.4 Å². The van der Waals surface area contributed by atoms with E-state index in [2.05, 4.69) is 4.98 Å². The van der Waals surface area contributed by atoms with E-state index in [9.17, 15) is 5.11 Å². The van der Waals surface area contributed by atoms with Crippen molar-refractivity contribution < 1.29 is 9.84 Å². The summed E-state index contributed by atoms with van der Waals surface area (Å²) in [6, 6.07) is 10.5. The van der Waals surface area contributed by atoms with Crippen LogP contribution in [0.25, 0.3) is 0 Å². The fourth-order valence-electron chi connectivity index (χ4n) is 1.32. The van der Waals surface area contributed by atoms with E-state index >= 15 is 0 Å². The normalized spacial score (nSPS) is 12.2. The van der Waals surface area contributed by atoms with Gasteiger partial charge in [-0.1, -0.05) is 11.6 Å². The predicted molar refractivity (Wildman–Crippen MR) is 66.4 cm³/mol. The molecule has 3 nitrogen and oxygen atoms in total. The maximum absolute atomic E-state index is 9.34. The highest BCUT2D eigenvalue weighted by Gasteiger charge is 2.02. The summed E-state index contributed by atoms with van der Waals surface area (Å²) in [5, 5.41) is 10.0. The highest BCUT2D eigenvalue weighted by molar-refractivity contribution is 6.30. The van der Waals surface area contributed by atoms with E-state index in [1.54, 1.807) is 49.5 Å². The number of nitrogens with zero attached hydrogens (tertiary/aromatic N) is 1. The Morgan fingerprint density at radius 2 is 1.88 bits per heavy atom. The summed E-state index contributed by atoms with van der Waals surface area (Å²) in [5.74, 6) is 1.16. The van der Waals surface area contributed by atoms with Gasteiger partial charge in [0.15, 0.2) is 0 Å². The van der Waals surface area contributed by atoms with Gasteiger partial charge in [0.05, 0.1) is 6.10 Å². The number of hydrogen-bond acceptors (Lipinski definition) is 3. The zero-order chi connectivity index (χ0) is 12.3. The van der Waals surface area contributed by atoms with Crippen LogP contribution in [0.2, 0.25) is 5.02 Å². The minimum Gasteiger partial charge on any atom is -0.439 e. The van der Waals surface area contributed by atoms with Gasteiger partial charge in [-0.15, -0.1) is 0 Å². The molecule has 1 heterocycles. The first-order valence-corrected chi connectivity index (χ1v) is 5.60. The standard InChI is InChI=1S/C13H12ClNO2/c1-9(16)10-2-7-13(15-8-10)17-12-5-3-11(14)4-6-12/h2-9,16H,1H3. The number of aliphatic hydroxyl groups excluding tert-OH is 1. The van der Waals surface area contributed by atoms with Crippen molar-refractivity contribution in [2.24, 2.45) is 0 Å². The molecular weight excluding hydrogens is 238 g/mol. The molecule has 0 aliphatic heterocycles. The molecule has 0 aliphatic rings. The van der Waals surface area contributed by atoms with Gasteiger partial charge in [-0.3, -0.25) is 0 Å². The molecule has 0 spiro atoms. The van der Waals surface area contributed by atoms with E-state index in [0.29, 0.717) is 16.7 Å². The zero-order valence-corrected chi connectivity index (χ0v) is 10.1. The van der Waals surface area contributed by atoms with E-state index in [-0.39, 0.29) is 0 Å². The summed E-state index contributed by atoms with van der Waals surface area (Å²) in [7, 11) is 0. The summed E-state index contributed by atoms with van der Waals surface area (Å²) in [6.45, 7) is 1.69. The molecule has 2 aromatic rings. The number of ether oxygens (including phenoxy) is 1. The molecule has 88 valence electrons. The van der Waals surface area contributed by atoms with Gasteiger partial charge in [-0.2, -0.15) is 0 Å². The van der Waals surface area contributed by atoms with Crippen LogP contribution in [-0.2, 0) is 0 Å². The lowest BCUT2D eigenvalue weighted by Crippen LogP contribution is -1.93. The Labute approximate surface area is 105 Å². The molecular formula is C13H12ClNO2. The molecule has 1 aromatic carbocycles. The van der Waals surface area contributed by atoms with Gasteiger partial charge in [-0.05, 0) is 42.8 Å². The monoisotopic (exact) mass is 249 g/mol. The fourth-order valence-corrected chi connectivity index (χ4v) is 1.45. The largest absolute Gasteiger partial charge is 0.439 e. The summed E-state index contributed by atoms with van der Waals surface area (Å²) < 4.78 is 5.52. The van der Waals surface area contributed by atoms with Crippen molar-refractivity contribution in [3.05, 3.63) is 53.2 Å². The second-order valence-electron chi connectivity index (χ2n) is 3.66. The third-order valence-corrected chi connectivity index (χ3v) is 2.53. The van der Waals surface area contributed by atoms with E-state index < -0.39 is 6.10 Å². The zero-order valence-electron chi connectivity index (χ0n) is 9.30. The molecule has 1 atom stereocenters. The van der Waals surface area contributed by atoms with Crippen LogP contribution in [0.4, 0.5) is 0 Å². The van der Waals surface area contributed by atoms with E-state index in [0.717, 1.165) is 5.56 Å². The Kier molecular flexibility index (Phi) is 3.61. The van der Waals surface area contributed by atoms with Crippen molar-refractivity contribution in [1.82, 2.24) is 4.98 Å². The van der Waals surface area contributed by atoms with Crippen molar-refractivity contribution in [2.75, 3.05) is 0 Å². The molecule has 1 N–H and O–H groups in total. The highest BCUT2D eigenvalue weighted by Crippen LogP contribution is 2.22. The van der Waals surface area contributed by atoms with Crippen LogP contribution in [0.1, 0.15) is 18.6 Å².